The zero-order chi connectivity index (χ0) is 24.4. The minimum absolute atomic E-state index is 0.185. The Morgan fingerprint density at radius 2 is 1.79 bits per heavy atom. The second-order valence-electron chi connectivity index (χ2n) is 8.70. The number of nitrogens with zero attached hydrogens (tertiary/aromatic N) is 4. The molecule has 2 amide bonds. The smallest absolute Gasteiger partial charge is 0.337 e. The Morgan fingerprint density at radius 1 is 1.12 bits per heavy atom. The van der Waals surface area contributed by atoms with E-state index in [1.165, 1.54) is 10.7 Å². The number of methoxy groups -OCH3 is 2. The van der Waals surface area contributed by atoms with Gasteiger partial charge < -0.3 is 24.6 Å². The highest BCUT2D eigenvalue weighted by atomic mass is 35.5. The third kappa shape index (κ3) is 4.52. The first-order valence-corrected chi connectivity index (χ1v) is 11.8. The van der Waals surface area contributed by atoms with E-state index >= 15 is 0 Å². The summed E-state index contributed by atoms with van der Waals surface area (Å²) in [5.74, 6) is 1.00. The molecule has 4 rings (SSSR count). The monoisotopic (exact) mass is 485 g/mol. The first-order valence-electron chi connectivity index (χ1n) is 11.4. The van der Waals surface area contributed by atoms with Gasteiger partial charge in [0.1, 0.15) is 5.71 Å². The van der Waals surface area contributed by atoms with Crippen molar-refractivity contribution in [2.75, 3.05) is 59.4 Å². The maximum Gasteiger partial charge on any atom is 0.337 e. The second-order valence-corrected chi connectivity index (χ2v) is 9.08. The standard InChI is InChI=1S/C25H32ClN5O3/c1-16-14-18-15-20(33-4)24(34-5)22(26)21(18)23(28-31(16)25(32)27-2)17-6-8-19(9-7-17)30-12-10-29(3)11-13-30/h6-9,15-16H,10-14H2,1-5H3,(H,27,32). The van der Waals surface area contributed by atoms with Crippen molar-refractivity contribution in [3.63, 3.8) is 0 Å². The van der Waals surface area contributed by atoms with Crippen LogP contribution in [0, 0.1) is 0 Å². The van der Waals surface area contributed by atoms with Crippen LogP contribution in [0.3, 0.4) is 0 Å². The number of piperazine rings is 1. The van der Waals surface area contributed by atoms with E-state index in [4.69, 9.17) is 26.2 Å². The number of ether oxygens (including phenoxy) is 2. The number of hydrogen-bond acceptors (Lipinski definition) is 6. The van der Waals surface area contributed by atoms with Gasteiger partial charge in [-0.15, -0.1) is 0 Å². The van der Waals surface area contributed by atoms with Gasteiger partial charge in [0, 0.05) is 50.0 Å². The van der Waals surface area contributed by atoms with Crippen LogP contribution in [0.1, 0.15) is 23.6 Å². The van der Waals surface area contributed by atoms with Crippen LogP contribution in [0.4, 0.5) is 10.5 Å². The van der Waals surface area contributed by atoms with Crippen molar-refractivity contribution in [3.8, 4) is 11.5 Å². The molecule has 0 aromatic heterocycles. The minimum Gasteiger partial charge on any atom is -0.493 e. The molecule has 1 unspecified atom stereocenters. The van der Waals surface area contributed by atoms with Gasteiger partial charge in [-0.05, 0) is 44.2 Å². The van der Waals surface area contributed by atoms with E-state index in [2.05, 4.69) is 34.3 Å². The van der Waals surface area contributed by atoms with Gasteiger partial charge in [-0.25, -0.2) is 9.80 Å². The Bertz CT molecular complexity index is 1080. The van der Waals surface area contributed by atoms with E-state index in [0.717, 1.165) is 42.9 Å². The predicted molar refractivity (Wildman–Crippen MR) is 136 cm³/mol. The van der Waals surface area contributed by atoms with Gasteiger partial charge in [-0.1, -0.05) is 23.7 Å². The van der Waals surface area contributed by atoms with Crippen LogP contribution < -0.4 is 19.7 Å². The van der Waals surface area contributed by atoms with Crippen molar-refractivity contribution in [1.29, 1.82) is 0 Å². The Labute approximate surface area is 206 Å². The van der Waals surface area contributed by atoms with Crippen molar-refractivity contribution < 1.29 is 14.3 Å². The molecule has 1 fully saturated rings. The molecular weight excluding hydrogens is 454 g/mol. The van der Waals surface area contributed by atoms with Crippen molar-refractivity contribution in [2.24, 2.45) is 5.10 Å². The molecule has 182 valence electrons. The molecule has 0 aliphatic carbocycles. The van der Waals surface area contributed by atoms with Crippen molar-refractivity contribution in [2.45, 2.75) is 19.4 Å². The van der Waals surface area contributed by atoms with Gasteiger partial charge in [0.05, 0.1) is 25.3 Å². The number of benzene rings is 2. The topological polar surface area (TPSA) is 69.6 Å². The van der Waals surface area contributed by atoms with Gasteiger partial charge in [0.15, 0.2) is 11.5 Å². The number of carbonyl (C=O) groups is 1. The molecule has 2 aliphatic rings. The molecule has 0 spiro atoms. The fourth-order valence-corrected chi connectivity index (χ4v) is 4.92. The molecular formula is C25H32ClN5O3. The summed E-state index contributed by atoms with van der Waals surface area (Å²) < 4.78 is 11.1. The number of hydrazone groups is 1. The minimum atomic E-state index is -0.276. The highest BCUT2D eigenvalue weighted by molar-refractivity contribution is 6.37. The molecule has 2 aromatic carbocycles. The summed E-state index contributed by atoms with van der Waals surface area (Å²) >= 11 is 6.89. The summed E-state index contributed by atoms with van der Waals surface area (Å²) in [4.78, 5) is 17.4. The molecule has 0 bridgehead atoms. The number of carbonyl (C=O) groups excluding carboxylic acids is 1. The lowest BCUT2D eigenvalue weighted by Gasteiger charge is -2.34. The number of rotatable bonds is 4. The van der Waals surface area contributed by atoms with Crippen LogP contribution in [0.25, 0.3) is 0 Å². The highest BCUT2D eigenvalue weighted by Crippen LogP contribution is 2.42. The normalized spacial score (nSPS) is 18.6. The number of nitrogens with one attached hydrogen (secondary N) is 1. The van der Waals surface area contributed by atoms with Crippen LogP contribution in [-0.4, -0.2) is 82.2 Å². The Hall–Kier alpha value is -2.97. The highest BCUT2D eigenvalue weighted by Gasteiger charge is 2.31. The molecule has 1 N–H and O–H groups in total. The number of halogens is 1. The van der Waals surface area contributed by atoms with Gasteiger partial charge in [0.2, 0.25) is 0 Å². The molecule has 2 aliphatic heterocycles. The third-order valence-electron chi connectivity index (χ3n) is 6.50. The maximum absolute atomic E-state index is 12.7. The first kappa shape index (κ1) is 24.2. The van der Waals surface area contributed by atoms with Crippen LogP contribution in [0.2, 0.25) is 5.02 Å². The number of hydrogen-bond donors (Lipinski definition) is 1. The fraction of sp³-hybridized carbons (Fsp3) is 0.440. The van der Waals surface area contributed by atoms with Crippen molar-refractivity contribution in [1.82, 2.24) is 15.2 Å². The molecule has 0 radical (unpaired) electrons. The van der Waals surface area contributed by atoms with E-state index in [9.17, 15) is 4.79 Å². The lowest BCUT2D eigenvalue weighted by Crippen LogP contribution is -2.44. The number of amides is 2. The van der Waals surface area contributed by atoms with Crippen molar-refractivity contribution in [3.05, 3.63) is 52.0 Å². The number of anilines is 1. The quantitative estimate of drug-likeness (QED) is 0.718. The van der Waals surface area contributed by atoms with E-state index in [1.54, 1.807) is 21.3 Å². The Morgan fingerprint density at radius 3 is 2.38 bits per heavy atom. The largest absolute Gasteiger partial charge is 0.493 e. The third-order valence-corrected chi connectivity index (χ3v) is 6.86. The Balaban J connectivity index is 1.82. The van der Waals surface area contributed by atoms with Crippen LogP contribution in [0.5, 0.6) is 11.5 Å². The average molecular weight is 486 g/mol. The lowest BCUT2D eigenvalue weighted by atomic mass is 9.93. The molecule has 1 atom stereocenters. The van der Waals surface area contributed by atoms with Crippen LogP contribution >= 0.6 is 11.6 Å². The van der Waals surface area contributed by atoms with Gasteiger partial charge in [0.25, 0.3) is 0 Å². The van der Waals surface area contributed by atoms with Gasteiger partial charge >= 0.3 is 6.03 Å². The van der Waals surface area contributed by atoms with Crippen LogP contribution in [-0.2, 0) is 6.42 Å². The summed E-state index contributed by atoms with van der Waals surface area (Å²) in [6, 6.07) is 9.77. The second kappa shape index (κ2) is 10.1. The maximum atomic E-state index is 12.7. The average Bonchev–Trinajstić information content (AvgIpc) is 3.00. The summed E-state index contributed by atoms with van der Waals surface area (Å²) in [6.07, 6.45) is 0.565. The van der Waals surface area contributed by atoms with Gasteiger partial charge in [-0.3, -0.25) is 0 Å². The predicted octanol–water partition coefficient (Wildman–Crippen LogP) is 3.45. The molecule has 2 aromatic rings. The molecule has 34 heavy (non-hydrogen) atoms. The number of urea groups is 1. The van der Waals surface area contributed by atoms with E-state index in [-0.39, 0.29) is 12.1 Å². The van der Waals surface area contributed by atoms with Crippen molar-refractivity contribution >= 4 is 29.0 Å². The van der Waals surface area contributed by atoms with Crippen LogP contribution in [0.15, 0.2) is 35.4 Å². The summed E-state index contributed by atoms with van der Waals surface area (Å²) in [6.45, 7) is 6.03. The zero-order valence-corrected chi connectivity index (χ0v) is 21.1. The lowest BCUT2D eigenvalue weighted by molar-refractivity contribution is 0.184. The molecule has 0 saturated carbocycles. The summed E-state index contributed by atoms with van der Waals surface area (Å²) in [7, 11) is 6.90. The van der Waals surface area contributed by atoms with Gasteiger partial charge in [-0.2, -0.15) is 5.10 Å². The molecule has 9 heteroatoms. The molecule has 2 heterocycles. The summed E-state index contributed by atoms with van der Waals surface area (Å²) in [5, 5.41) is 9.42. The van der Waals surface area contributed by atoms with E-state index in [0.29, 0.717) is 28.7 Å². The summed E-state index contributed by atoms with van der Waals surface area (Å²) in [5.41, 5.74) is 4.37. The molecule has 8 nitrogen and oxygen atoms in total. The SMILES string of the molecule is CNC(=O)N1N=C(c2ccc(N3CCN(C)CC3)cc2)c2c(cc(OC)c(OC)c2Cl)CC1C. The zero-order valence-electron chi connectivity index (χ0n) is 20.4. The Kier molecular flexibility index (Phi) is 7.19. The molecule has 1 saturated heterocycles. The fourth-order valence-electron chi connectivity index (χ4n) is 4.54. The van der Waals surface area contributed by atoms with E-state index in [1.807, 2.05) is 25.1 Å². The first-order chi connectivity index (χ1) is 16.4. The van der Waals surface area contributed by atoms with E-state index < -0.39 is 0 Å². The number of likely N-dealkylation sites (N-methyl/N-ethyl adjacent to an activating group) is 1. The number of fused-ring (bicyclic) bond motifs is 1.